The van der Waals surface area contributed by atoms with Crippen LogP contribution in [-0.4, -0.2) is 35.3 Å². The molecule has 3 heterocycles. The zero-order valence-corrected chi connectivity index (χ0v) is 15.3. The van der Waals surface area contributed by atoms with Gasteiger partial charge in [-0.15, -0.1) is 0 Å². The van der Waals surface area contributed by atoms with Crippen molar-refractivity contribution in [2.45, 2.75) is 26.8 Å². The van der Waals surface area contributed by atoms with Gasteiger partial charge in [0.05, 0.1) is 5.69 Å². The first-order valence-corrected chi connectivity index (χ1v) is 8.66. The summed E-state index contributed by atoms with van der Waals surface area (Å²) >= 11 is 0. The summed E-state index contributed by atoms with van der Waals surface area (Å²) < 4.78 is 3.29. The number of nitrogens with zero attached hydrogens (tertiary/aromatic N) is 6. The van der Waals surface area contributed by atoms with Crippen LogP contribution >= 0.6 is 0 Å². The fraction of sp³-hybridized carbons (Fsp3) is 0.211. The van der Waals surface area contributed by atoms with Crippen LogP contribution in [-0.2, 0) is 0 Å². The smallest absolute Gasteiger partial charge is 0.275 e. The van der Waals surface area contributed by atoms with E-state index in [2.05, 4.69) is 25.5 Å². The van der Waals surface area contributed by atoms with E-state index in [1.807, 2.05) is 61.9 Å². The van der Waals surface area contributed by atoms with Crippen molar-refractivity contribution >= 4 is 17.5 Å². The minimum absolute atomic E-state index is 0.211. The SMILES string of the molecule is Cc1cc(NC(=O)c2cc(-c3ccccc3)nc3ncnn23)nn1C(C)C. The highest BCUT2D eigenvalue weighted by Crippen LogP contribution is 2.20. The van der Waals surface area contributed by atoms with Crippen LogP contribution in [0.2, 0.25) is 0 Å². The molecule has 0 aliphatic carbocycles. The molecular formula is C19H19N7O. The molecule has 0 fully saturated rings. The molecule has 1 amide bonds. The summed E-state index contributed by atoms with van der Waals surface area (Å²) in [6.45, 7) is 6.04. The summed E-state index contributed by atoms with van der Waals surface area (Å²) in [4.78, 5) is 21.5. The van der Waals surface area contributed by atoms with Gasteiger partial charge in [-0.3, -0.25) is 9.48 Å². The first-order chi connectivity index (χ1) is 13.0. The Labute approximate surface area is 155 Å². The van der Waals surface area contributed by atoms with Gasteiger partial charge in [0.1, 0.15) is 12.0 Å². The summed E-state index contributed by atoms with van der Waals surface area (Å²) in [6.07, 6.45) is 1.38. The molecule has 3 aromatic heterocycles. The average molecular weight is 361 g/mol. The molecule has 0 saturated carbocycles. The number of carbonyl (C=O) groups is 1. The Morgan fingerprint density at radius 2 is 1.93 bits per heavy atom. The van der Waals surface area contributed by atoms with Crippen LogP contribution in [0.15, 0.2) is 48.8 Å². The molecule has 8 nitrogen and oxygen atoms in total. The summed E-state index contributed by atoms with van der Waals surface area (Å²) in [5.74, 6) is 0.543. The molecule has 4 rings (SSSR count). The maximum atomic E-state index is 12.9. The van der Waals surface area contributed by atoms with Crippen molar-refractivity contribution in [3.8, 4) is 11.3 Å². The lowest BCUT2D eigenvalue weighted by atomic mass is 10.1. The number of hydrogen-bond acceptors (Lipinski definition) is 5. The van der Waals surface area contributed by atoms with Crippen LogP contribution < -0.4 is 5.32 Å². The zero-order chi connectivity index (χ0) is 19.0. The van der Waals surface area contributed by atoms with E-state index in [1.54, 1.807) is 6.07 Å². The van der Waals surface area contributed by atoms with E-state index in [1.165, 1.54) is 10.8 Å². The topological polar surface area (TPSA) is 90.0 Å². The van der Waals surface area contributed by atoms with E-state index in [0.717, 1.165) is 11.3 Å². The van der Waals surface area contributed by atoms with Gasteiger partial charge < -0.3 is 5.32 Å². The van der Waals surface area contributed by atoms with E-state index < -0.39 is 0 Å². The van der Waals surface area contributed by atoms with Crippen LogP contribution in [0.25, 0.3) is 17.0 Å². The normalized spacial score (nSPS) is 11.3. The molecule has 0 spiro atoms. The molecule has 1 N–H and O–H groups in total. The Bertz CT molecular complexity index is 1110. The first-order valence-electron chi connectivity index (χ1n) is 8.66. The highest BCUT2D eigenvalue weighted by molar-refractivity contribution is 6.03. The second-order valence-corrected chi connectivity index (χ2v) is 6.53. The largest absolute Gasteiger partial charge is 0.304 e. The molecule has 27 heavy (non-hydrogen) atoms. The number of rotatable bonds is 4. The second-order valence-electron chi connectivity index (χ2n) is 6.53. The number of aromatic nitrogens is 6. The third-order valence-electron chi connectivity index (χ3n) is 4.21. The fourth-order valence-electron chi connectivity index (χ4n) is 2.98. The van der Waals surface area contributed by atoms with Gasteiger partial charge in [-0.05, 0) is 26.8 Å². The summed E-state index contributed by atoms with van der Waals surface area (Å²) in [5.41, 5.74) is 2.88. The van der Waals surface area contributed by atoms with Gasteiger partial charge >= 0.3 is 0 Å². The standard InChI is InChI=1S/C19H19N7O/c1-12(2)25-13(3)9-17(24-25)23-18(27)16-10-15(14-7-5-4-6-8-14)22-19-20-11-21-26(16)19/h4-12H,1-3H3,(H,23,24,27). The lowest BCUT2D eigenvalue weighted by Gasteiger charge is -2.08. The van der Waals surface area contributed by atoms with E-state index >= 15 is 0 Å². The van der Waals surface area contributed by atoms with Crippen molar-refractivity contribution in [3.63, 3.8) is 0 Å². The van der Waals surface area contributed by atoms with E-state index in [4.69, 9.17) is 0 Å². The van der Waals surface area contributed by atoms with Gasteiger partial charge in [0.2, 0.25) is 0 Å². The van der Waals surface area contributed by atoms with E-state index in [-0.39, 0.29) is 11.9 Å². The van der Waals surface area contributed by atoms with Crippen LogP contribution in [0.5, 0.6) is 0 Å². The molecule has 0 atom stereocenters. The number of anilines is 1. The van der Waals surface area contributed by atoms with Crippen molar-refractivity contribution in [3.05, 3.63) is 60.2 Å². The van der Waals surface area contributed by atoms with Gasteiger partial charge in [-0.25, -0.2) is 4.98 Å². The molecule has 0 unspecified atom stereocenters. The molecule has 0 saturated heterocycles. The van der Waals surface area contributed by atoms with Gasteiger partial charge in [0.25, 0.3) is 11.7 Å². The van der Waals surface area contributed by atoms with Crippen LogP contribution in [0.4, 0.5) is 5.82 Å². The van der Waals surface area contributed by atoms with Gasteiger partial charge in [-0.2, -0.15) is 19.7 Å². The number of carbonyl (C=O) groups excluding carboxylic acids is 1. The number of benzene rings is 1. The molecule has 0 aliphatic rings. The third kappa shape index (κ3) is 3.17. The van der Waals surface area contributed by atoms with Crippen molar-refractivity contribution in [2.75, 3.05) is 5.32 Å². The minimum Gasteiger partial charge on any atom is -0.304 e. The van der Waals surface area contributed by atoms with Gasteiger partial charge in [-0.1, -0.05) is 30.3 Å². The maximum absolute atomic E-state index is 12.9. The molecule has 1 aromatic carbocycles. The van der Waals surface area contributed by atoms with Gasteiger partial charge in [0.15, 0.2) is 5.82 Å². The molecule has 8 heteroatoms. The first kappa shape index (κ1) is 16.9. The number of hydrogen-bond donors (Lipinski definition) is 1. The lowest BCUT2D eigenvalue weighted by molar-refractivity contribution is 0.101. The summed E-state index contributed by atoms with van der Waals surface area (Å²) in [6, 6.07) is 13.4. The maximum Gasteiger partial charge on any atom is 0.275 e. The van der Waals surface area contributed by atoms with Gasteiger partial charge in [0, 0.05) is 23.4 Å². The predicted molar refractivity (Wildman–Crippen MR) is 102 cm³/mol. The van der Waals surface area contributed by atoms with Crippen LogP contribution in [0, 0.1) is 6.92 Å². The van der Waals surface area contributed by atoms with Crippen molar-refractivity contribution in [2.24, 2.45) is 0 Å². The average Bonchev–Trinajstić information content (AvgIpc) is 3.27. The molecule has 4 aromatic rings. The molecule has 0 bridgehead atoms. The minimum atomic E-state index is -0.321. The molecule has 0 aliphatic heterocycles. The second kappa shape index (κ2) is 6.64. The highest BCUT2D eigenvalue weighted by atomic mass is 16.2. The number of fused-ring (bicyclic) bond motifs is 1. The summed E-state index contributed by atoms with van der Waals surface area (Å²) in [7, 11) is 0. The lowest BCUT2D eigenvalue weighted by Crippen LogP contribution is -2.18. The Hall–Kier alpha value is -3.55. The molecule has 136 valence electrons. The van der Waals surface area contributed by atoms with Crippen molar-refractivity contribution in [1.82, 2.24) is 29.4 Å². The number of aryl methyl sites for hydroxylation is 1. The van der Waals surface area contributed by atoms with E-state index in [9.17, 15) is 4.79 Å². The third-order valence-corrected chi connectivity index (χ3v) is 4.21. The van der Waals surface area contributed by atoms with Crippen LogP contribution in [0.1, 0.15) is 36.1 Å². The van der Waals surface area contributed by atoms with Crippen molar-refractivity contribution in [1.29, 1.82) is 0 Å². The Kier molecular flexibility index (Phi) is 4.15. The number of amides is 1. The Morgan fingerprint density at radius 3 is 2.63 bits per heavy atom. The quantitative estimate of drug-likeness (QED) is 0.603. The Balaban J connectivity index is 1.73. The predicted octanol–water partition coefficient (Wildman–Crippen LogP) is 3.13. The highest BCUT2D eigenvalue weighted by Gasteiger charge is 2.17. The Morgan fingerprint density at radius 1 is 1.15 bits per heavy atom. The van der Waals surface area contributed by atoms with E-state index in [0.29, 0.717) is 23.0 Å². The van der Waals surface area contributed by atoms with Crippen LogP contribution in [0.3, 0.4) is 0 Å². The molecule has 0 radical (unpaired) electrons. The number of nitrogens with one attached hydrogen (secondary N) is 1. The zero-order valence-electron chi connectivity index (χ0n) is 15.3. The summed E-state index contributed by atoms with van der Waals surface area (Å²) in [5, 5.41) is 11.4. The monoisotopic (exact) mass is 361 g/mol. The molecular weight excluding hydrogens is 342 g/mol. The fourth-order valence-corrected chi connectivity index (χ4v) is 2.98. The van der Waals surface area contributed by atoms with Crippen molar-refractivity contribution < 1.29 is 4.79 Å².